The molecule has 2 N–H and O–H groups in total. The normalized spacial score (nSPS) is 10.9. The van der Waals surface area contributed by atoms with Gasteiger partial charge in [-0.05, 0) is 78.4 Å². The Hall–Kier alpha value is -4.13. The summed E-state index contributed by atoms with van der Waals surface area (Å²) in [5, 5.41) is 5.47. The summed E-state index contributed by atoms with van der Waals surface area (Å²) in [5.41, 5.74) is 4.56. The van der Waals surface area contributed by atoms with Crippen LogP contribution in [-0.2, 0) is 24.5 Å². The minimum absolute atomic E-state index is 0.0597. The first-order chi connectivity index (χ1) is 17.5. The molecule has 0 unspecified atom stereocenters. The van der Waals surface area contributed by atoms with Gasteiger partial charge in [0.2, 0.25) is 5.91 Å². The fourth-order valence-electron chi connectivity index (χ4n) is 3.50. The monoisotopic (exact) mass is 502 g/mol. The Morgan fingerprint density at radius 2 is 1.38 bits per heavy atom. The van der Waals surface area contributed by atoms with E-state index in [9.17, 15) is 14.4 Å². The summed E-state index contributed by atoms with van der Waals surface area (Å²) < 4.78 is 10.9. The highest BCUT2D eigenvalue weighted by molar-refractivity contribution is 5.95. The molecule has 0 heterocycles. The summed E-state index contributed by atoms with van der Waals surface area (Å²) in [5.74, 6) is -0.00936. The van der Waals surface area contributed by atoms with Crippen LogP contribution in [0.3, 0.4) is 0 Å². The molecule has 194 valence electrons. The molecule has 3 rings (SSSR count). The van der Waals surface area contributed by atoms with E-state index >= 15 is 0 Å². The van der Waals surface area contributed by atoms with Crippen LogP contribution >= 0.6 is 0 Å². The molecule has 0 aliphatic carbocycles. The molecule has 0 aliphatic heterocycles. The van der Waals surface area contributed by atoms with Crippen molar-refractivity contribution in [2.24, 2.45) is 0 Å². The van der Waals surface area contributed by atoms with Gasteiger partial charge in [-0.25, -0.2) is 0 Å². The van der Waals surface area contributed by atoms with Crippen molar-refractivity contribution >= 4 is 29.2 Å². The maximum absolute atomic E-state index is 12.2. The van der Waals surface area contributed by atoms with E-state index < -0.39 is 18.5 Å². The van der Waals surface area contributed by atoms with Crippen LogP contribution in [0.1, 0.15) is 50.3 Å². The lowest BCUT2D eigenvalue weighted by atomic mass is 9.87. The number of amides is 2. The Morgan fingerprint density at radius 1 is 0.757 bits per heavy atom. The number of benzene rings is 3. The number of carbonyl (C=O) groups excluding carboxylic acids is 3. The van der Waals surface area contributed by atoms with Crippen LogP contribution in [0.4, 0.5) is 11.4 Å². The van der Waals surface area contributed by atoms with Crippen molar-refractivity contribution in [2.75, 3.05) is 17.2 Å². The second-order valence-corrected chi connectivity index (χ2v) is 9.91. The molecule has 0 aliphatic rings. The highest BCUT2D eigenvalue weighted by Crippen LogP contribution is 2.27. The number of anilines is 2. The third kappa shape index (κ3) is 8.49. The van der Waals surface area contributed by atoms with Crippen molar-refractivity contribution in [3.05, 3.63) is 83.4 Å². The van der Waals surface area contributed by atoms with Crippen LogP contribution < -0.4 is 15.4 Å². The molecule has 0 bridgehead atoms. The minimum atomic E-state index is -0.618. The lowest BCUT2D eigenvalue weighted by Gasteiger charge is -2.19. The molecule has 3 aromatic rings. The smallest absolute Gasteiger partial charge is 0.306 e. The number of rotatable bonds is 9. The Labute approximate surface area is 218 Å². The average Bonchev–Trinajstić information content (AvgIpc) is 2.85. The van der Waals surface area contributed by atoms with Gasteiger partial charge in [0.05, 0.1) is 6.42 Å². The van der Waals surface area contributed by atoms with Gasteiger partial charge in [0, 0.05) is 17.8 Å². The van der Waals surface area contributed by atoms with Crippen LogP contribution in [0, 0.1) is 13.8 Å². The predicted molar refractivity (Wildman–Crippen MR) is 145 cm³/mol. The number of esters is 1. The number of nitrogens with one attached hydrogen (secondary N) is 2. The number of carbonyl (C=O) groups is 3. The standard InChI is InChI=1S/C30H34N2O5/c1-20-7-6-8-26(21(20)2)32-28(34)19-36-29(35)18-17-27(33)31-23-11-15-25(16-12-23)37-24-13-9-22(10-14-24)30(3,4)5/h6-16H,17-19H2,1-5H3,(H,31,33)(H,32,34). The van der Waals surface area contributed by atoms with Crippen LogP contribution in [0.25, 0.3) is 0 Å². The maximum atomic E-state index is 12.2. The van der Waals surface area contributed by atoms with Gasteiger partial charge in [-0.3, -0.25) is 14.4 Å². The molecule has 3 aromatic carbocycles. The van der Waals surface area contributed by atoms with E-state index in [4.69, 9.17) is 9.47 Å². The fraction of sp³-hybridized carbons (Fsp3) is 0.300. The van der Waals surface area contributed by atoms with Crippen molar-refractivity contribution in [3.8, 4) is 11.5 Å². The Morgan fingerprint density at radius 3 is 2.00 bits per heavy atom. The van der Waals surface area contributed by atoms with Crippen LogP contribution in [-0.4, -0.2) is 24.4 Å². The van der Waals surface area contributed by atoms with E-state index in [1.54, 1.807) is 30.3 Å². The van der Waals surface area contributed by atoms with Gasteiger partial charge in [0.25, 0.3) is 5.91 Å². The first-order valence-corrected chi connectivity index (χ1v) is 12.2. The number of ether oxygens (including phenoxy) is 2. The van der Waals surface area contributed by atoms with E-state index in [1.807, 2.05) is 50.2 Å². The summed E-state index contributed by atoms with van der Waals surface area (Å²) >= 11 is 0. The molecule has 0 fully saturated rings. The summed E-state index contributed by atoms with van der Waals surface area (Å²) in [7, 11) is 0. The summed E-state index contributed by atoms with van der Waals surface area (Å²) in [6, 6.07) is 20.5. The summed E-state index contributed by atoms with van der Waals surface area (Å²) in [4.78, 5) is 36.3. The molecule has 7 nitrogen and oxygen atoms in total. The first kappa shape index (κ1) is 27.5. The van der Waals surface area contributed by atoms with E-state index in [-0.39, 0.29) is 24.2 Å². The van der Waals surface area contributed by atoms with Crippen molar-refractivity contribution in [2.45, 2.75) is 52.9 Å². The van der Waals surface area contributed by atoms with Gasteiger partial charge >= 0.3 is 5.97 Å². The molecule has 37 heavy (non-hydrogen) atoms. The predicted octanol–water partition coefficient (Wildman–Crippen LogP) is 6.29. The number of hydrogen-bond acceptors (Lipinski definition) is 5. The van der Waals surface area contributed by atoms with Gasteiger partial charge in [0.15, 0.2) is 6.61 Å². The quantitative estimate of drug-likeness (QED) is 0.335. The van der Waals surface area contributed by atoms with Crippen LogP contribution in [0.15, 0.2) is 66.7 Å². The van der Waals surface area contributed by atoms with Crippen molar-refractivity contribution < 1.29 is 23.9 Å². The molecule has 0 saturated heterocycles. The third-order valence-electron chi connectivity index (χ3n) is 5.89. The zero-order valence-electron chi connectivity index (χ0n) is 22.0. The Bertz CT molecular complexity index is 1240. The number of aryl methyl sites for hydroxylation is 1. The van der Waals surface area contributed by atoms with Crippen molar-refractivity contribution in [3.63, 3.8) is 0 Å². The molecule has 0 aromatic heterocycles. The lowest BCUT2D eigenvalue weighted by Crippen LogP contribution is -2.22. The zero-order valence-corrected chi connectivity index (χ0v) is 22.0. The fourth-order valence-corrected chi connectivity index (χ4v) is 3.50. The minimum Gasteiger partial charge on any atom is -0.457 e. The lowest BCUT2D eigenvalue weighted by molar-refractivity contribution is -0.147. The SMILES string of the molecule is Cc1cccc(NC(=O)COC(=O)CCC(=O)Nc2ccc(Oc3ccc(C(C)(C)C)cc3)cc2)c1C. The molecule has 0 radical (unpaired) electrons. The third-order valence-corrected chi connectivity index (χ3v) is 5.89. The first-order valence-electron chi connectivity index (χ1n) is 12.2. The zero-order chi connectivity index (χ0) is 27.0. The van der Waals surface area contributed by atoms with Gasteiger partial charge in [0.1, 0.15) is 11.5 Å². The molecular formula is C30H34N2O5. The molecule has 7 heteroatoms. The largest absolute Gasteiger partial charge is 0.457 e. The molecule has 0 atom stereocenters. The molecular weight excluding hydrogens is 468 g/mol. The van der Waals surface area contributed by atoms with Crippen LogP contribution in [0.5, 0.6) is 11.5 Å². The highest BCUT2D eigenvalue weighted by atomic mass is 16.5. The van der Waals surface area contributed by atoms with Gasteiger partial charge < -0.3 is 20.1 Å². The highest BCUT2D eigenvalue weighted by Gasteiger charge is 2.14. The second-order valence-electron chi connectivity index (χ2n) is 9.91. The van der Waals surface area contributed by atoms with Crippen LogP contribution in [0.2, 0.25) is 0 Å². The van der Waals surface area contributed by atoms with E-state index in [0.29, 0.717) is 17.1 Å². The Balaban J connectivity index is 1.39. The van der Waals surface area contributed by atoms with Gasteiger partial charge in [-0.1, -0.05) is 45.0 Å². The molecule has 2 amide bonds. The summed E-state index contributed by atoms with van der Waals surface area (Å²) in [6.07, 6.45) is -0.190. The van der Waals surface area contributed by atoms with Gasteiger partial charge in [-0.15, -0.1) is 0 Å². The topological polar surface area (TPSA) is 93.7 Å². The molecule has 0 spiro atoms. The summed E-state index contributed by atoms with van der Waals surface area (Å²) in [6.45, 7) is 9.92. The maximum Gasteiger partial charge on any atom is 0.306 e. The number of hydrogen-bond donors (Lipinski definition) is 2. The van der Waals surface area contributed by atoms with Crippen molar-refractivity contribution in [1.82, 2.24) is 0 Å². The van der Waals surface area contributed by atoms with E-state index in [2.05, 4.69) is 31.4 Å². The van der Waals surface area contributed by atoms with Gasteiger partial charge in [-0.2, -0.15) is 0 Å². The van der Waals surface area contributed by atoms with E-state index in [0.717, 1.165) is 16.9 Å². The van der Waals surface area contributed by atoms with E-state index in [1.165, 1.54) is 5.56 Å². The average molecular weight is 503 g/mol. The van der Waals surface area contributed by atoms with Crippen molar-refractivity contribution in [1.29, 1.82) is 0 Å². The molecule has 0 saturated carbocycles. The Kier molecular flexibility index (Phi) is 9.06. The second kappa shape index (κ2) is 12.2.